The highest BCUT2D eigenvalue weighted by Crippen LogP contribution is 2.34. The smallest absolute Gasteiger partial charge is 0.165 e. The number of benzene rings is 2. The van der Waals surface area contributed by atoms with Gasteiger partial charge in [-0.05, 0) is 81.0 Å². The Morgan fingerprint density at radius 1 is 1.24 bits per heavy atom. The third-order valence-electron chi connectivity index (χ3n) is 6.15. The molecule has 3 rings (SSSR count). The summed E-state index contributed by atoms with van der Waals surface area (Å²) in [7, 11) is 3.40. The van der Waals surface area contributed by atoms with Crippen LogP contribution in [0.5, 0.6) is 5.75 Å². The fraction of sp³-hybridized carbons (Fsp3) is 0.385. The molecule has 2 aromatic carbocycles. The first-order valence-electron chi connectivity index (χ1n) is 11.1. The summed E-state index contributed by atoms with van der Waals surface area (Å²) in [6, 6.07) is 11.3. The van der Waals surface area contributed by atoms with Gasteiger partial charge in [-0.3, -0.25) is 4.79 Å². The maximum Gasteiger partial charge on any atom is 0.165 e. The van der Waals surface area contributed by atoms with Gasteiger partial charge in [-0.1, -0.05) is 17.7 Å². The molecular formula is C26H31ClFN3O2. The Bertz CT molecular complexity index is 1050. The van der Waals surface area contributed by atoms with Gasteiger partial charge < -0.3 is 14.5 Å². The number of piperidine rings is 1. The highest BCUT2D eigenvalue weighted by atomic mass is 35.5. The number of amidine groups is 1. The van der Waals surface area contributed by atoms with Gasteiger partial charge in [0.1, 0.15) is 12.1 Å². The van der Waals surface area contributed by atoms with E-state index in [9.17, 15) is 9.18 Å². The van der Waals surface area contributed by atoms with Gasteiger partial charge in [-0.25, -0.2) is 9.38 Å². The van der Waals surface area contributed by atoms with Crippen molar-refractivity contribution in [3.05, 3.63) is 64.6 Å². The van der Waals surface area contributed by atoms with E-state index in [1.807, 2.05) is 37.1 Å². The van der Waals surface area contributed by atoms with Crippen molar-refractivity contribution < 1.29 is 13.9 Å². The minimum absolute atomic E-state index is 0.284. The topological polar surface area (TPSA) is 45.1 Å². The van der Waals surface area contributed by atoms with Crippen molar-refractivity contribution in [2.45, 2.75) is 33.1 Å². The Kier molecular flexibility index (Phi) is 8.50. The summed E-state index contributed by atoms with van der Waals surface area (Å²) < 4.78 is 19.0. The van der Waals surface area contributed by atoms with E-state index in [4.69, 9.17) is 16.3 Å². The fourth-order valence-corrected chi connectivity index (χ4v) is 4.46. The number of aldehydes is 1. The van der Waals surface area contributed by atoms with Crippen molar-refractivity contribution in [3.63, 3.8) is 0 Å². The highest BCUT2D eigenvalue weighted by molar-refractivity contribution is 6.33. The van der Waals surface area contributed by atoms with Gasteiger partial charge in [-0.15, -0.1) is 0 Å². The predicted octanol–water partition coefficient (Wildman–Crippen LogP) is 5.90. The van der Waals surface area contributed by atoms with E-state index in [2.05, 4.69) is 16.0 Å². The lowest BCUT2D eigenvalue weighted by Gasteiger charge is -2.34. The molecule has 176 valence electrons. The maximum atomic E-state index is 14.0. The van der Waals surface area contributed by atoms with Crippen LogP contribution >= 0.6 is 11.6 Å². The summed E-state index contributed by atoms with van der Waals surface area (Å²) >= 11 is 6.66. The molecule has 1 aliphatic heterocycles. The largest absolute Gasteiger partial charge is 0.494 e. The van der Waals surface area contributed by atoms with Crippen LogP contribution in [0.4, 0.5) is 15.8 Å². The zero-order valence-electron chi connectivity index (χ0n) is 19.6. The molecule has 0 bridgehead atoms. The first kappa shape index (κ1) is 24.8. The van der Waals surface area contributed by atoms with Gasteiger partial charge in [0, 0.05) is 31.5 Å². The monoisotopic (exact) mass is 471 g/mol. The summed E-state index contributed by atoms with van der Waals surface area (Å²) in [6.07, 6.45) is 5.08. The van der Waals surface area contributed by atoms with Gasteiger partial charge >= 0.3 is 0 Å². The number of hydrogen-bond donors (Lipinski definition) is 0. The number of rotatable bonds is 7. The van der Waals surface area contributed by atoms with Gasteiger partial charge in [0.15, 0.2) is 11.6 Å². The highest BCUT2D eigenvalue weighted by Gasteiger charge is 2.22. The normalized spacial score (nSPS) is 15.5. The lowest BCUT2D eigenvalue weighted by atomic mass is 9.90. The molecule has 2 aromatic rings. The standard InChI is InChI=1S/C26H31ClFN3O2/c1-18(11-14-32)29-19(2)30(3)22-6-7-25(23(27)17-22)31-12-9-20(10-13-31)15-21-5-8-26(33-4)24(28)16-21/h5-8,11,14,16-17,20H,9-10,12-13,15H2,1-4H3/b18-11-,29-19?. The lowest BCUT2D eigenvalue weighted by Crippen LogP contribution is -2.34. The Hall–Kier alpha value is -2.86. The summed E-state index contributed by atoms with van der Waals surface area (Å²) in [5.74, 6) is 1.26. The van der Waals surface area contributed by atoms with Crippen LogP contribution in [-0.4, -0.2) is 39.4 Å². The van der Waals surface area contributed by atoms with Crippen molar-refractivity contribution in [2.75, 3.05) is 37.0 Å². The van der Waals surface area contributed by atoms with E-state index in [1.54, 1.807) is 19.1 Å². The molecule has 0 N–H and O–H groups in total. The molecule has 5 nitrogen and oxygen atoms in total. The van der Waals surface area contributed by atoms with Gasteiger partial charge in [-0.2, -0.15) is 0 Å². The number of ether oxygens (including phenoxy) is 1. The average Bonchev–Trinajstić information content (AvgIpc) is 2.79. The Morgan fingerprint density at radius 3 is 2.58 bits per heavy atom. The van der Waals surface area contributed by atoms with Crippen molar-refractivity contribution >= 4 is 35.1 Å². The second-order valence-corrected chi connectivity index (χ2v) is 8.81. The third-order valence-corrected chi connectivity index (χ3v) is 6.45. The van der Waals surface area contributed by atoms with Crippen molar-refractivity contribution in [1.82, 2.24) is 0 Å². The second kappa shape index (κ2) is 11.3. The number of allylic oxidation sites excluding steroid dienone is 2. The summed E-state index contributed by atoms with van der Waals surface area (Å²) in [4.78, 5) is 19.3. The van der Waals surface area contributed by atoms with Gasteiger partial charge in [0.2, 0.25) is 0 Å². The number of aliphatic imine (C=N–C) groups is 1. The number of halogens is 2. The SMILES string of the molecule is COc1ccc(CC2CCN(c3ccc(N(C)C(C)=N/C(C)=C\C=O)cc3Cl)CC2)cc1F. The molecule has 0 radical (unpaired) electrons. The maximum absolute atomic E-state index is 14.0. The molecule has 1 fully saturated rings. The van der Waals surface area contributed by atoms with Crippen LogP contribution in [0.15, 0.2) is 53.2 Å². The van der Waals surface area contributed by atoms with E-state index < -0.39 is 0 Å². The Morgan fingerprint density at radius 2 is 1.97 bits per heavy atom. The second-order valence-electron chi connectivity index (χ2n) is 8.40. The number of methoxy groups -OCH3 is 1. The van der Waals surface area contributed by atoms with Crippen LogP contribution in [0.3, 0.4) is 0 Å². The van der Waals surface area contributed by atoms with Crippen molar-refractivity contribution in [1.29, 1.82) is 0 Å². The molecule has 0 atom stereocenters. The van der Waals surface area contributed by atoms with E-state index in [0.717, 1.165) is 61.4 Å². The lowest BCUT2D eigenvalue weighted by molar-refractivity contribution is -0.104. The zero-order valence-corrected chi connectivity index (χ0v) is 20.4. The van der Waals surface area contributed by atoms with Crippen LogP contribution in [0.2, 0.25) is 5.02 Å². The molecule has 0 aliphatic carbocycles. The van der Waals surface area contributed by atoms with Crippen LogP contribution in [0.1, 0.15) is 32.3 Å². The van der Waals surface area contributed by atoms with E-state index in [0.29, 0.717) is 16.6 Å². The van der Waals surface area contributed by atoms with Crippen LogP contribution in [0, 0.1) is 11.7 Å². The average molecular weight is 472 g/mol. The van der Waals surface area contributed by atoms with Crippen molar-refractivity contribution in [2.24, 2.45) is 10.9 Å². The molecule has 0 saturated carbocycles. The zero-order chi connectivity index (χ0) is 24.0. The molecule has 1 saturated heterocycles. The number of nitrogens with zero attached hydrogens (tertiary/aromatic N) is 3. The van der Waals surface area contributed by atoms with Gasteiger partial charge in [0.25, 0.3) is 0 Å². The first-order chi connectivity index (χ1) is 15.8. The van der Waals surface area contributed by atoms with Crippen LogP contribution in [0.25, 0.3) is 0 Å². The molecule has 1 aliphatic rings. The van der Waals surface area contributed by atoms with Gasteiger partial charge in [0.05, 0.1) is 17.8 Å². The Labute approximate surface area is 200 Å². The number of anilines is 2. The molecule has 0 aromatic heterocycles. The summed E-state index contributed by atoms with van der Waals surface area (Å²) in [5, 5.41) is 0.697. The Balaban J connectivity index is 1.62. The molecular weight excluding hydrogens is 441 g/mol. The van der Waals surface area contributed by atoms with Crippen molar-refractivity contribution in [3.8, 4) is 5.75 Å². The summed E-state index contributed by atoms with van der Waals surface area (Å²) in [5.41, 5.74) is 3.61. The van der Waals surface area contributed by atoms with E-state index >= 15 is 0 Å². The predicted molar refractivity (Wildman–Crippen MR) is 134 cm³/mol. The van der Waals surface area contributed by atoms with E-state index in [-0.39, 0.29) is 11.6 Å². The molecule has 0 amide bonds. The number of carbonyl (C=O) groups excluding carboxylic acids is 1. The number of carbonyl (C=O) groups is 1. The minimum Gasteiger partial charge on any atom is -0.494 e. The number of hydrogen-bond acceptors (Lipinski definition) is 4. The minimum atomic E-state index is -0.306. The fourth-order valence-electron chi connectivity index (χ4n) is 4.16. The quantitative estimate of drug-likeness (QED) is 0.218. The molecule has 0 spiro atoms. The first-order valence-corrected chi connectivity index (χ1v) is 11.5. The third kappa shape index (κ3) is 6.35. The molecule has 1 heterocycles. The molecule has 7 heteroatoms. The molecule has 0 unspecified atom stereocenters. The van der Waals surface area contributed by atoms with Crippen LogP contribution in [-0.2, 0) is 11.2 Å². The van der Waals surface area contributed by atoms with E-state index in [1.165, 1.54) is 13.2 Å². The van der Waals surface area contributed by atoms with Crippen LogP contribution < -0.4 is 14.5 Å². The summed E-state index contributed by atoms with van der Waals surface area (Å²) in [6.45, 7) is 5.50. The molecule has 33 heavy (non-hydrogen) atoms.